The van der Waals surface area contributed by atoms with E-state index in [1.54, 1.807) is 0 Å². The number of carbonyl (C=O) groups is 1. The van der Waals surface area contributed by atoms with E-state index in [0.717, 1.165) is 44.6 Å². The quantitative estimate of drug-likeness (QED) is 0.843. The number of aliphatic carboxylic acids is 1. The molecule has 1 spiro atoms. The summed E-state index contributed by atoms with van der Waals surface area (Å²) in [5.74, 6) is 1.09. The van der Waals surface area contributed by atoms with E-state index < -0.39 is 5.97 Å². The highest BCUT2D eigenvalue weighted by Gasteiger charge is 2.47. The zero-order valence-corrected chi connectivity index (χ0v) is 13.4. The Labute approximate surface area is 128 Å². The first kappa shape index (κ1) is 15.3. The van der Waals surface area contributed by atoms with Crippen LogP contribution in [0.1, 0.15) is 71.1 Å². The standard InChI is InChI=1S/C18H30O3/c1-2-4-13-5-6-15(17(19)20)16(11-13)14-7-10-21-18(12-14)8-3-9-18/h13-16H,2-12H2,1H3,(H,19,20). The summed E-state index contributed by atoms with van der Waals surface area (Å²) in [6, 6.07) is 0. The highest BCUT2D eigenvalue weighted by Crippen LogP contribution is 2.50. The summed E-state index contributed by atoms with van der Waals surface area (Å²) in [4.78, 5) is 11.7. The maximum atomic E-state index is 11.7. The minimum Gasteiger partial charge on any atom is -0.481 e. The van der Waals surface area contributed by atoms with E-state index in [-0.39, 0.29) is 11.5 Å². The first-order chi connectivity index (χ1) is 10.1. The summed E-state index contributed by atoms with van der Waals surface area (Å²) in [7, 11) is 0. The van der Waals surface area contributed by atoms with Gasteiger partial charge in [0.05, 0.1) is 11.5 Å². The van der Waals surface area contributed by atoms with Gasteiger partial charge in [-0.3, -0.25) is 4.79 Å². The van der Waals surface area contributed by atoms with Crippen molar-refractivity contribution in [1.29, 1.82) is 0 Å². The molecule has 0 aromatic carbocycles. The van der Waals surface area contributed by atoms with E-state index in [1.165, 1.54) is 32.1 Å². The molecule has 1 aliphatic heterocycles. The second-order valence-electron chi connectivity index (χ2n) is 7.71. The molecule has 2 saturated carbocycles. The van der Waals surface area contributed by atoms with Gasteiger partial charge in [0.2, 0.25) is 0 Å². The van der Waals surface area contributed by atoms with Crippen LogP contribution in [0.15, 0.2) is 0 Å². The molecule has 21 heavy (non-hydrogen) atoms. The van der Waals surface area contributed by atoms with Gasteiger partial charge in [0.25, 0.3) is 0 Å². The fourth-order valence-electron chi connectivity index (χ4n) is 5.15. The van der Waals surface area contributed by atoms with E-state index >= 15 is 0 Å². The largest absolute Gasteiger partial charge is 0.481 e. The lowest BCUT2D eigenvalue weighted by Crippen LogP contribution is -2.48. The summed E-state index contributed by atoms with van der Waals surface area (Å²) in [5, 5.41) is 9.63. The van der Waals surface area contributed by atoms with Crippen molar-refractivity contribution in [1.82, 2.24) is 0 Å². The maximum Gasteiger partial charge on any atom is 0.306 e. The average molecular weight is 294 g/mol. The van der Waals surface area contributed by atoms with E-state index in [9.17, 15) is 9.90 Å². The fraction of sp³-hybridized carbons (Fsp3) is 0.944. The number of carboxylic acid groups (broad SMARTS) is 1. The van der Waals surface area contributed by atoms with Crippen LogP contribution >= 0.6 is 0 Å². The van der Waals surface area contributed by atoms with Crippen LogP contribution in [0.3, 0.4) is 0 Å². The summed E-state index contributed by atoms with van der Waals surface area (Å²) in [6.07, 6.45) is 11.6. The first-order valence-corrected chi connectivity index (χ1v) is 9.00. The van der Waals surface area contributed by atoms with Crippen molar-refractivity contribution in [2.45, 2.75) is 76.7 Å². The van der Waals surface area contributed by atoms with Gasteiger partial charge in [-0.25, -0.2) is 0 Å². The Morgan fingerprint density at radius 2 is 2.10 bits per heavy atom. The Bertz CT molecular complexity index is 375. The molecule has 120 valence electrons. The highest BCUT2D eigenvalue weighted by atomic mass is 16.5. The smallest absolute Gasteiger partial charge is 0.306 e. The van der Waals surface area contributed by atoms with Crippen LogP contribution in [0.2, 0.25) is 0 Å². The molecular weight excluding hydrogens is 264 g/mol. The van der Waals surface area contributed by atoms with E-state index in [1.807, 2.05) is 0 Å². The lowest BCUT2D eigenvalue weighted by molar-refractivity contribution is -0.164. The molecule has 0 aromatic rings. The SMILES string of the molecule is CCCC1CCC(C(=O)O)C(C2CCOC3(CCC3)C2)C1. The van der Waals surface area contributed by atoms with Crippen molar-refractivity contribution in [3.63, 3.8) is 0 Å². The lowest BCUT2D eigenvalue weighted by atomic mass is 9.62. The fourth-order valence-corrected chi connectivity index (χ4v) is 5.15. The topological polar surface area (TPSA) is 46.5 Å². The third-order valence-corrected chi connectivity index (χ3v) is 6.42. The number of carboxylic acids is 1. The molecule has 1 heterocycles. The second-order valence-corrected chi connectivity index (χ2v) is 7.71. The van der Waals surface area contributed by atoms with Gasteiger partial charge < -0.3 is 9.84 Å². The molecule has 3 heteroatoms. The first-order valence-electron chi connectivity index (χ1n) is 9.00. The molecule has 2 aliphatic carbocycles. The zero-order valence-electron chi connectivity index (χ0n) is 13.4. The van der Waals surface area contributed by atoms with Crippen LogP contribution < -0.4 is 0 Å². The molecule has 0 amide bonds. The van der Waals surface area contributed by atoms with Gasteiger partial charge in [-0.15, -0.1) is 0 Å². The van der Waals surface area contributed by atoms with Crippen LogP contribution in [0.5, 0.6) is 0 Å². The summed E-state index contributed by atoms with van der Waals surface area (Å²) >= 11 is 0. The Morgan fingerprint density at radius 1 is 1.29 bits per heavy atom. The minimum atomic E-state index is -0.552. The Balaban J connectivity index is 1.70. The number of rotatable bonds is 4. The van der Waals surface area contributed by atoms with Gasteiger partial charge in [0.15, 0.2) is 0 Å². The van der Waals surface area contributed by atoms with Crippen LogP contribution in [0.25, 0.3) is 0 Å². The molecular formula is C18H30O3. The van der Waals surface area contributed by atoms with Crippen molar-refractivity contribution < 1.29 is 14.6 Å². The maximum absolute atomic E-state index is 11.7. The van der Waals surface area contributed by atoms with Gasteiger partial charge in [-0.05, 0) is 69.1 Å². The molecule has 3 nitrogen and oxygen atoms in total. The monoisotopic (exact) mass is 294 g/mol. The molecule has 3 fully saturated rings. The molecule has 0 bridgehead atoms. The highest BCUT2D eigenvalue weighted by molar-refractivity contribution is 5.70. The van der Waals surface area contributed by atoms with Gasteiger partial charge in [0.1, 0.15) is 0 Å². The molecule has 4 unspecified atom stereocenters. The molecule has 1 N–H and O–H groups in total. The molecule has 4 atom stereocenters. The third-order valence-electron chi connectivity index (χ3n) is 6.42. The van der Waals surface area contributed by atoms with Crippen molar-refractivity contribution in [3.8, 4) is 0 Å². The Kier molecular flexibility index (Phi) is 4.58. The molecule has 3 rings (SSSR count). The summed E-state index contributed by atoms with van der Waals surface area (Å²) in [6.45, 7) is 3.10. The number of ether oxygens (including phenoxy) is 1. The van der Waals surface area contributed by atoms with Crippen molar-refractivity contribution in [3.05, 3.63) is 0 Å². The number of hydrogen-bond acceptors (Lipinski definition) is 2. The van der Waals surface area contributed by atoms with E-state index in [0.29, 0.717) is 11.8 Å². The minimum absolute atomic E-state index is 0.0988. The Morgan fingerprint density at radius 3 is 2.71 bits per heavy atom. The van der Waals surface area contributed by atoms with Crippen molar-refractivity contribution in [2.75, 3.05) is 6.61 Å². The second kappa shape index (κ2) is 6.28. The molecule has 0 radical (unpaired) electrons. The van der Waals surface area contributed by atoms with Gasteiger partial charge >= 0.3 is 5.97 Å². The van der Waals surface area contributed by atoms with E-state index in [4.69, 9.17) is 4.74 Å². The van der Waals surface area contributed by atoms with Gasteiger partial charge in [0, 0.05) is 6.61 Å². The van der Waals surface area contributed by atoms with Crippen LogP contribution in [0, 0.1) is 23.7 Å². The van der Waals surface area contributed by atoms with Gasteiger partial charge in [-0.1, -0.05) is 19.8 Å². The normalized spacial score (nSPS) is 38.9. The zero-order chi connectivity index (χ0) is 14.9. The van der Waals surface area contributed by atoms with Gasteiger partial charge in [-0.2, -0.15) is 0 Å². The molecule has 3 aliphatic rings. The number of hydrogen-bond donors (Lipinski definition) is 1. The average Bonchev–Trinajstić information content (AvgIpc) is 2.46. The summed E-state index contributed by atoms with van der Waals surface area (Å²) in [5.41, 5.74) is 0.143. The molecule has 0 aromatic heterocycles. The van der Waals surface area contributed by atoms with Crippen LogP contribution in [0.4, 0.5) is 0 Å². The Hall–Kier alpha value is -0.570. The molecule has 1 saturated heterocycles. The van der Waals surface area contributed by atoms with Crippen molar-refractivity contribution >= 4 is 5.97 Å². The summed E-state index contributed by atoms with van der Waals surface area (Å²) < 4.78 is 6.05. The van der Waals surface area contributed by atoms with Crippen molar-refractivity contribution in [2.24, 2.45) is 23.7 Å². The van der Waals surface area contributed by atoms with Crippen LogP contribution in [-0.2, 0) is 9.53 Å². The van der Waals surface area contributed by atoms with Crippen LogP contribution in [-0.4, -0.2) is 23.3 Å². The van der Waals surface area contributed by atoms with E-state index in [2.05, 4.69) is 6.92 Å². The third kappa shape index (κ3) is 3.13. The predicted octanol–water partition coefficient (Wildman–Crippen LogP) is 4.25. The predicted molar refractivity (Wildman–Crippen MR) is 82.1 cm³/mol. The lowest BCUT2D eigenvalue weighted by Gasteiger charge is -2.50.